The summed E-state index contributed by atoms with van der Waals surface area (Å²) in [4.78, 5) is 31.0. The predicted octanol–water partition coefficient (Wildman–Crippen LogP) is 2.69. The fourth-order valence-electron chi connectivity index (χ4n) is 3.13. The average Bonchev–Trinajstić information content (AvgIpc) is 3.16. The predicted molar refractivity (Wildman–Crippen MR) is 94.5 cm³/mol. The molecule has 0 radical (unpaired) electrons. The third-order valence-corrected chi connectivity index (χ3v) is 4.51. The third kappa shape index (κ3) is 3.33. The molecule has 1 fully saturated rings. The molecule has 3 heterocycles. The molecule has 0 unspecified atom stereocenters. The minimum atomic E-state index is -0.307. The topological polar surface area (TPSA) is 80.8 Å². The zero-order chi connectivity index (χ0) is 17.9. The fraction of sp³-hybridized carbons (Fsp3) is 0.316. The van der Waals surface area contributed by atoms with Gasteiger partial charge in [-0.1, -0.05) is 0 Å². The van der Waals surface area contributed by atoms with Gasteiger partial charge in [-0.2, -0.15) is 0 Å². The van der Waals surface area contributed by atoms with Crippen LogP contribution in [-0.2, 0) is 0 Å². The molecule has 134 valence electrons. The van der Waals surface area contributed by atoms with Crippen molar-refractivity contribution in [2.75, 3.05) is 25.2 Å². The van der Waals surface area contributed by atoms with Crippen molar-refractivity contribution >= 4 is 17.5 Å². The number of hydrogen-bond donors (Lipinski definition) is 1. The van der Waals surface area contributed by atoms with Gasteiger partial charge in [0.05, 0.1) is 0 Å². The monoisotopic (exact) mass is 353 g/mol. The van der Waals surface area contributed by atoms with E-state index in [1.54, 1.807) is 35.2 Å². The molecule has 2 aromatic rings. The van der Waals surface area contributed by atoms with E-state index in [2.05, 4.69) is 10.3 Å². The Hall–Kier alpha value is -3.09. The van der Waals surface area contributed by atoms with E-state index in [9.17, 15) is 9.59 Å². The summed E-state index contributed by atoms with van der Waals surface area (Å²) >= 11 is 0. The van der Waals surface area contributed by atoms with Crippen molar-refractivity contribution in [1.82, 2.24) is 9.88 Å². The van der Waals surface area contributed by atoms with Crippen LogP contribution in [0.15, 0.2) is 36.5 Å². The van der Waals surface area contributed by atoms with E-state index in [1.807, 2.05) is 0 Å². The van der Waals surface area contributed by atoms with Gasteiger partial charge in [0, 0.05) is 36.6 Å². The highest BCUT2D eigenvalue weighted by atomic mass is 16.7. The second kappa shape index (κ2) is 7.03. The number of nitrogens with one attached hydrogen (secondary N) is 1. The summed E-state index contributed by atoms with van der Waals surface area (Å²) in [6.45, 7) is 1.67. The van der Waals surface area contributed by atoms with Crippen LogP contribution < -0.4 is 14.8 Å². The molecule has 1 N–H and O–H groups in total. The van der Waals surface area contributed by atoms with E-state index >= 15 is 0 Å². The number of carbonyl (C=O) groups is 2. The smallest absolute Gasteiger partial charge is 0.272 e. The Morgan fingerprint density at radius 1 is 1.00 bits per heavy atom. The second-order valence-electron chi connectivity index (χ2n) is 6.30. The maximum Gasteiger partial charge on any atom is 0.272 e. The maximum absolute atomic E-state index is 12.6. The number of hydrogen-bond acceptors (Lipinski definition) is 5. The van der Waals surface area contributed by atoms with Crippen LogP contribution >= 0.6 is 0 Å². The molecule has 2 amide bonds. The molecule has 0 spiro atoms. The SMILES string of the molecule is O=C(Nc1ccc2c(c1)OCO2)c1ccnc(C(=O)N2CCCCC2)c1. The summed E-state index contributed by atoms with van der Waals surface area (Å²) < 4.78 is 10.6. The lowest BCUT2D eigenvalue weighted by Crippen LogP contribution is -2.36. The number of piperidine rings is 1. The number of ether oxygens (including phenoxy) is 2. The molecule has 0 atom stereocenters. The lowest BCUT2D eigenvalue weighted by Gasteiger charge is -2.26. The first-order valence-corrected chi connectivity index (χ1v) is 8.67. The fourth-order valence-corrected chi connectivity index (χ4v) is 3.13. The van der Waals surface area contributed by atoms with Gasteiger partial charge in [-0.3, -0.25) is 14.6 Å². The van der Waals surface area contributed by atoms with Crippen LogP contribution in [0.2, 0.25) is 0 Å². The Kier molecular flexibility index (Phi) is 4.43. The zero-order valence-corrected chi connectivity index (χ0v) is 14.2. The first-order valence-electron chi connectivity index (χ1n) is 8.67. The summed E-state index contributed by atoms with van der Waals surface area (Å²) in [7, 11) is 0. The number of anilines is 1. The minimum absolute atomic E-state index is 0.123. The Morgan fingerprint density at radius 3 is 2.65 bits per heavy atom. The summed E-state index contributed by atoms with van der Waals surface area (Å²) in [6.07, 6.45) is 4.66. The highest BCUT2D eigenvalue weighted by molar-refractivity contribution is 6.05. The number of pyridine rings is 1. The number of likely N-dealkylation sites (tertiary alicyclic amines) is 1. The molecule has 1 saturated heterocycles. The molecule has 0 bridgehead atoms. The summed E-state index contributed by atoms with van der Waals surface area (Å²) in [5, 5.41) is 2.81. The number of benzene rings is 1. The van der Waals surface area contributed by atoms with Crippen molar-refractivity contribution in [2.24, 2.45) is 0 Å². The van der Waals surface area contributed by atoms with Crippen LogP contribution in [0.5, 0.6) is 11.5 Å². The van der Waals surface area contributed by atoms with Gasteiger partial charge in [0.25, 0.3) is 11.8 Å². The normalized spacial score (nSPS) is 15.6. The third-order valence-electron chi connectivity index (χ3n) is 4.51. The summed E-state index contributed by atoms with van der Waals surface area (Å²) in [5.41, 5.74) is 1.28. The molecule has 1 aromatic carbocycles. The number of nitrogens with zero attached hydrogens (tertiary/aromatic N) is 2. The lowest BCUT2D eigenvalue weighted by molar-refractivity contribution is 0.0718. The van der Waals surface area contributed by atoms with Crippen LogP contribution in [0.25, 0.3) is 0 Å². The van der Waals surface area contributed by atoms with Crippen molar-refractivity contribution in [3.63, 3.8) is 0 Å². The Morgan fingerprint density at radius 2 is 1.81 bits per heavy atom. The molecule has 0 saturated carbocycles. The molecule has 1 aromatic heterocycles. The maximum atomic E-state index is 12.6. The molecular weight excluding hydrogens is 334 g/mol. The molecule has 26 heavy (non-hydrogen) atoms. The lowest BCUT2D eigenvalue weighted by atomic mass is 10.1. The van der Waals surface area contributed by atoms with Crippen LogP contribution in [0.1, 0.15) is 40.1 Å². The van der Waals surface area contributed by atoms with Gasteiger partial charge < -0.3 is 19.7 Å². The van der Waals surface area contributed by atoms with Crippen molar-refractivity contribution in [2.45, 2.75) is 19.3 Å². The van der Waals surface area contributed by atoms with E-state index < -0.39 is 0 Å². The molecule has 4 rings (SSSR count). The number of rotatable bonds is 3. The Bertz CT molecular complexity index is 846. The molecular formula is C19H19N3O4. The molecule has 7 heteroatoms. The van der Waals surface area contributed by atoms with Gasteiger partial charge in [-0.25, -0.2) is 0 Å². The van der Waals surface area contributed by atoms with E-state index in [1.165, 1.54) is 6.20 Å². The number of aromatic nitrogens is 1. The van der Waals surface area contributed by atoms with Gasteiger partial charge in [-0.15, -0.1) is 0 Å². The van der Waals surface area contributed by atoms with Gasteiger partial charge in [0.1, 0.15) is 5.69 Å². The van der Waals surface area contributed by atoms with E-state index in [4.69, 9.17) is 9.47 Å². The average molecular weight is 353 g/mol. The number of carbonyl (C=O) groups excluding carboxylic acids is 2. The number of fused-ring (bicyclic) bond motifs is 1. The highest BCUT2D eigenvalue weighted by Gasteiger charge is 2.20. The quantitative estimate of drug-likeness (QED) is 0.918. The zero-order valence-electron chi connectivity index (χ0n) is 14.2. The Labute approximate surface area is 150 Å². The summed E-state index contributed by atoms with van der Waals surface area (Å²) in [5.74, 6) is 0.821. The summed E-state index contributed by atoms with van der Waals surface area (Å²) in [6, 6.07) is 8.33. The molecule has 7 nitrogen and oxygen atoms in total. The van der Waals surface area contributed by atoms with Crippen LogP contribution in [0, 0.1) is 0 Å². The number of amides is 2. The Balaban J connectivity index is 1.48. The standard InChI is InChI=1S/C19H19N3O4/c23-18(21-14-4-5-16-17(11-14)26-12-25-16)13-6-7-20-15(10-13)19(24)22-8-2-1-3-9-22/h4-7,10-11H,1-3,8-9,12H2,(H,21,23). The van der Waals surface area contributed by atoms with Crippen molar-refractivity contribution in [3.05, 3.63) is 47.8 Å². The van der Waals surface area contributed by atoms with Gasteiger partial charge in [0.15, 0.2) is 11.5 Å². The minimum Gasteiger partial charge on any atom is -0.454 e. The van der Waals surface area contributed by atoms with Gasteiger partial charge in [-0.05, 0) is 43.5 Å². The highest BCUT2D eigenvalue weighted by Crippen LogP contribution is 2.34. The van der Waals surface area contributed by atoms with Gasteiger partial charge in [0.2, 0.25) is 6.79 Å². The molecule has 2 aliphatic rings. The van der Waals surface area contributed by atoms with E-state index in [0.29, 0.717) is 28.4 Å². The molecule has 0 aliphatic carbocycles. The van der Waals surface area contributed by atoms with Crippen molar-refractivity contribution in [3.8, 4) is 11.5 Å². The van der Waals surface area contributed by atoms with E-state index in [-0.39, 0.29) is 18.6 Å². The van der Waals surface area contributed by atoms with Crippen LogP contribution in [0.4, 0.5) is 5.69 Å². The largest absolute Gasteiger partial charge is 0.454 e. The molecule has 2 aliphatic heterocycles. The van der Waals surface area contributed by atoms with E-state index in [0.717, 1.165) is 32.4 Å². The van der Waals surface area contributed by atoms with Crippen molar-refractivity contribution in [1.29, 1.82) is 0 Å². The first kappa shape index (κ1) is 16.4. The van der Waals surface area contributed by atoms with Gasteiger partial charge >= 0.3 is 0 Å². The first-order chi connectivity index (χ1) is 12.7. The van der Waals surface area contributed by atoms with Crippen LogP contribution in [0.3, 0.4) is 0 Å². The van der Waals surface area contributed by atoms with Crippen molar-refractivity contribution < 1.29 is 19.1 Å². The van der Waals surface area contributed by atoms with Crippen LogP contribution in [-0.4, -0.2) is 41.6 Å². The second-order valence-corrected chi connectivity index (χ2v) is 6.30.